The van der Waals surface area contributed by atoms with Gasteiger partial charge in [-0.2, -0.15) is 0 Å². The van der Waals surface area contributed by atoms with E-state index in [1.165, 1.54) is 0 Å². The van der Waals surface area contributed by atoms with Crippen LogP contribution in [0.3, 0.4) is 0 Å². The number of rotatable bonds is 8. The quantitative estimate of drug-likeness (QED) is 0.580. The second kappa shape index (κ2) is 7.76. The molecule has 4 heteroatoms. The van der Waals surface area contributed by atoms with Gasteiger partial charge in [0.2, 0.25) is 0 Å². The number of hydrogen-bond acceptors (Lipinski definition) is 3. The van der Waals surface area contributed by atoms with Crippen molar-refractivity contribution in [2.24, 2.45) is 5.92 Å². The van der Waals surface area contributed by atoms with Gasteiger partial charge in [0.25, 0.3) is 0 Å². The summed E-state index contributed by atoms with van der Waals surface area (Å²) in [6.45, 7) is 8.16. The molecule has 0 aliphatic carbocycles. The molecular weight excluding hydrogens is 182 g/mol. The Morgan fingerprint density at radius 2 is 2.07 bits per heavy atom. The summed E-state index contributed by atoms with van der Waals surface area (Å²) in [5.74, 6) is -0.223. The zero-order valence-corrected chi connectivity index (χ0v) is 9.25. The second-order valence-electron chi connectivity index (χ2n) is 3.92. The van der Waals surface area contributed by atoms with Crippen LogP contribution in [0.5, 0.6) is 0 Å². The van der Waals surface area contributed by atoms with Gasteiger partial charge in [0.1, 0.15) is 0 Å². The summed E-state index contributed by atoms with van der Waals surface area (Å²) in [6, 6.07) is 0.00940. The zero-order chi connectivity index (χ0) is 11.0. The van der Waals surface area contributed by atoms with E-state index in [0.717, 1.165) is 6.61 Å². The van der Waals surface area contributed by atoms with Crippen molar-refractivity contribution in [2.45, 2.75) is 33.2 Å². The Kier molecular flexibility index (Phi) is 7.42. The lowest BCUT2D eigenvalue weighted by Crippen LogP contribution is -2.31. The molecular formula is C10H21NO3. The molecule has 4 nitrogen and oxygen atoms in total. The maximum absolute atomic E-state index is 10.3. The van der Waals surface area contributed by atoms with E-state index in [0.29, 0.717) is 19.1 Å². The molecule has 84 valence electrons. The minimum Gasteiger partial charge on any atom is -0.481 e. The molecule has 0 aromatic carbocycles. The third kappa shape index (κ3) is 9.48. The van der Waals surface area contributed by atoms with Gasteiger partial charge in [-0.1, -0.05) is 13.8 Å². The number of carboxylic acids is 1. The van der Waals surface area contributed by atoms with Crippen LogP contribution < -0.4 is 5.32 Å². The zero-order valence-electron chi connectivity index (χ0n) is 9.25. The first-order valence-electron chi connectivity index (χ1n) is 5.05. The monoisotopic (exact) mass is 203 g/mol. The second-order valence-corrected chi connectivity index (χ2v) is 3.92. The van der Waals surface area contributed by atoms with Crippen molar-refractivity contribution in [1.29, 1.82) is 0 Å². The molecule has 2 N–H and O–H groups in total. The molecule has 0 heterocycles. The highest BCUT2D eigenvalue weighted by molar-refractivity contribution is 5.67. The minimum atomic E-state index is -0.770. The fourth-order valence-corrected chi connectivity index (χ4v) is 1.03. The molecule has 0 aliphatic rings. The summed E-state index contributed by atoms with van der Waals surface area (Å²) < 4.78 is 5.34. The van der Waals surface area contributed by atoms with Crippen LogP contribution in [0.1, 0.15) is 27.2 Å². The van der Waals surface area contributed by atoms with Crippen molar-refractivity contribution in [1.82, 2.24) is 5.32 Å². The van der Waals surface area contributed by atoms with Gasteiger partial charge in [-0.25, -0.2) is 0 Å². The number of carbonyl (C=O) groups is 1. The lowest BCUT2D eigenvalue weighted by atomic mass is 10.2. The molecule has 0 aliphatic heterocycles. The van der Waals surface area contributed by atoms with Crippen molar-refractivity contribution < 1.29 is 14.6 Å². The lowest BCUT2D eigenvalue weighted by Gasteiger charge is -2.12. The van der Waals surface area contributed by atoms with Crippen molar-refractivity contribution in [3.63, 3.8) is 0 Å². The van der Waals surface area contributed by atoms with E-state index in [1.54, 1.807) is 0 Å². The molecule has 14 heavy (non-hydrogen) atoms. The van der Waals surface area contributed by atoms with Crippen LogP contribution in [0.4, 0.5) is 0 Å². The summed E-state index contributed by atoms with van der Waals surface area (Å²) in [4.78, 5) is 10.3. The summed E-state index contributed by atoms with van der Waals surface area (Å²) in [6.07, 6.45) is 0.157. The van der Waals surface area contributed by atoms with E-state index >= 15 is 0 Å². The molecule has 0 saturated carbocycles. The molecule has 0 aromatic rings. The number of hydrogen-bond donors (Lipinski definition) is 2. The Morgan fingerprint density at radius 3 is 2.57 bits per heavy atom. The molecule has 1 unspecified atom stereocenters. The maximum Gasteiger partial charge on any atom is 0.304 e. The van der Waals surface area contributed by atoms with Crippen LogP contribution in [-0.4, -0.2) is 36.9 Å². The topological polar surface area (TPSA) is 58.6 Å². The van der Waals surface area contributed by atoms with Crippen molar-refractivity contribution in [2.75, 3.05) is 19.8 Å². The summed E-state index contributed by atoms with van der Waals surface area (Å²) in [7, 11) is 0. The van der Waals surface area contributed by atoms with Crippen LogP contribution in [0.25, 0.3) is 0 Å². The number of carboxylic acid groups (broad SMARTS) is 1. The van der Waals surface area contributed by atoms with E-state index in [-0.39, 0.29) is 12.5 Å². The predicted octanol–water partition coefficient (Wildman–Crippen LogP) is 1.11. The lowest BCUT2D eigenvalue weighted by molar-refractivity contribution is -0.137. The van der Waals surface area contributed by atoms with Crippen LogP contribution in [0.15, 0.2) is 0 Å². The summed E-state index contributed by atoms with van der Waals surface area (Å²) >= 11 is 0. The van der Waals surface area contributed by atoms with Crippen LogP contribution in [0, 0.1) is 5.92 Å². The Hall–Kier alpha value is -0.610. The van der Waals surface area contributed by atoms with Crippen LogP contribution >= 0.6 is 0 Å². The maximum atomic E-state index is 10.3. The van der Waals surface area contributed by atoms with Gasteiger partial charge in [0.05, 0.1) is 13.0 Å². The number of ether oxygens (including phenoxy) is 1. The highest BCUT2D eigenvalue weighted by atomic mass is 16.5. The first-order valence-corrected chi connectivity index (χ1v) is 5.05. The Bertz CT molecular complexity index is 159. The average Bonchev–Trinajstić information content (AvgIpc) is 2.01. The number of aliphatic carboxylic acids is 1. The molecule has 0 fully saturated rings. The third-order valence-corrected chi connectivity index (χ3v) is 1.67. The largest absolute Gasteiger partial charge is 0.481 e. The molecule has 1 atom stereocenters. The van der Waals surface area contributed by atoms with Crippen LogP contribution in [0.2, 0.25) is 0 Å². The van der Waals surface area contributed by atoms with Crippen LogP contribution in [-0.2, 0) is 9.53 Å². The highest BCUT2D eigenvalue weighted by Crippen LogP contribution is 1.92. The van der Waals surface area contributed by atoms with Gasteiger partial charge in [-0.3, -0.25) is 4.79 Å². The van der Waals surface area contributed by atoms with Crippen molar-refractivity contribution in [3.8, 4) is 0 Å². The van der Waals surface area contributed by atoms with E-state index in [9.17, 15) is 4.79 Å². The molecule has 0 aromatic heterocycles. The Balaban J connectivity index is 3.23. The molecule has 0 rings (SSSR count). The smallest absolute Gasteiger partial charge is 0.304 e. The SMILES string of the molecule is CC(C)COCCNC(C)CC(=O)O. The first-order chi connectivity index (χ1) is 6.52. The Labute approximate surface area is 85.6 Å². The van der Waals surface area contributed by atoms with Gasteiger partial charge >= 0.3 is 5.97 Å². The van der Waals surface area contributed by atoms with Gasteiger partial charge < -0.3 is 15.2 Å². The molecule has 0 saturated heterocycles. The normalized spacial score (nSPS) is 13.1. The first kappa shape index (κ1) is 13.4. The van der Waals surface area contributed by atoms with Gasteiger partial charge in [-0.15, -0.1) is 0 Å². The average molecular weight is 203 g/mol. The van der Waals surface area contributed by atoms with Gasteiger partial charge in [-0.05, 0) is 12.8 Å². The van der Waals surface area contributed by atoms with Crippen molar-refractivity contribution in [3.05, 3.63) is 0 Å². The van der Waals surface area contributed by atoms with E-state index < -0.39 is 5.97 Å². The Morgan fingerprint density at radius 1 is 1.43 bits per heavy atom. The molecule has 0 bridgehead atoms. The summed E-state index contributed by atoms with van der Waals surface area (Å²) in [5, 5.41) is 11.6. The van der Waals surface area contributed by atoms with E-state index in [1.807, 2.05) is 6.92 Å². The molecule has 0 radical (unpaired) electrons. The van der Waals surface area contributed by atoms with Crippen molar-refractivity contribution >= 4 is 5.97 Å². The number of nitrogens with one attached hydrogen (secondary N) is 1. The fourth-order valence-electron chi connectivity index (χ4n) is 1.03. The summed E-state index contributed by atoms with van der Waals surface area (Å²) in [5.41, 5.74) is 0. The standard InChI is InChI=1S/C10H21NO3/c1-8(2)7-14-5-4-11-9(3)6-10(12)13/h8-9,11H,4-7H2,1-3H3,(H,12,13). The van der Waals surface area contributed by atoms with E-state index in [4.69, 9.17) is 9.84 Å². The fraction of sp³-hybridized carbons (Fsp3) is 0.900. The minimum absolute atomic E-state index is 0.00940. The van der Waals surface area contributed by atoms with Gasteiger partial charge in [0.15, 0.2) is 0 Å². The molecule has 0 amide bonds. The van der Waals surface area contributed by atoms with Gasteiger partial charge in [0, 0.05) is 19.2 Å². The highest BCUT2D eigenvalue weighted by Gasteiger charge is 2.05. The predicted molar refractivity (Wildman–Crippen MR) is 55.4 cm³/mol. The van der Waals surface area contributed by atoms with E-state index in [2.05, 4.69) is 19.2 Å². The third-order valence-electron chi connectivity index (χ3n) is 1.67. The molecule has 0 spiro atoms.